The molecule has 1 N–H and O–H groups in total. The molecule has 2 aromatic rings. The van der Waals surface area contributed by atoms with Gasteiger partial charge in [-0.1, -0.05) is 17.7 Å². The molecule has 29 heavy (non-hydrogen) atoms. The van der Waals surface area contributed by atoms with Crippen molar-refractivity contribution < 1.29 is 17.6 Å². The molecule has 0 aliphatic carbocycles. The van der Waals surface area contributed by atoms with Gasteiger partial charge in [0.1, 0.15) is 5.82 Å². The number of sulfonamides is 1. The van der Waals surface area contributed by atoms with E-state index in [0.29, 0.717) is 37.4 Å². The average Bonchev–Trinajstić information content (AvgIpc) is 2.70. The minimum Gasteiger partial charge on any atom is -0.323 e. The maximum absolute atomic E-state index is 13.2. The molecule has 0 unspecified atom stereocenters. The Morgan fingerprint density at radius 1 is 1.10 bits per heavy atom. The Morgan fingerprint density at radius 3 is 2.38 bits per heavy atom. The van der Waals surface area contributed by atoms with Gasteiger partial charge in [0.2, 0.25) is 15.9 Å². The summed E-state index contributed by atoms with van der Waals surface area (Å²) in [6.07, 6.45) is 2.80. The second-order valence-electron chi connectivity index (χ2n) is 6.73. The van der Waals surface area contributed by atoms with Crippen molar-refractivity contribution in [3.63, 3.8) is 0 Å². The molecule has 1 aliphatic heterocycles. The molecule has 0 atom stereocenters. The van der Waals surface area contributed by atoms with E-state index in [2.05, 4.69) is 10.2 Å². The number of rotatable bonds is 5. The lowest BCUT2D eigenvalue weighted by Crippen LogP contribution is -2.46. The summed E-state index contributed by atoms with van der Waals surface area (Å²) >= 11 is 5.71. The van der Waals surface area contributed by atoms with Gasteiger partial charge in [-0.25, -0.2) is 12.8 Å². The molecule has 9 heteroatoms. The molecule has 1 aliphatic rings. The predicted octanol–water partition coefficient (Wildman–Crippen LogP) is 3.07. The zero-order valence-electron chi connectivity index (χ0n) is 15.8. The standard InChI is InChI=1S/C20H21ClFN3O3S/c1-24-10-12-25(13-11-24)29(27,28)17-6-4-16(5-7-17)23-20(26)9-3-15-2-8-19(22)18(21)14-15/h2-9,14H,10-13H2,1H3,(H,23,26)/b9-3+. The molecule has 0 aromatic heterocycles. The van der Waals surface area contributed by atoms with E-state index in [1.54, 1.807) is 12.1 Å². The third-order valence-electron chi connectivity index (χ3n) is 4.59. The van der Waals surface area contributed by atoms with Crippen molar-refractivity contribution in [2.24, 2.45) is 0 Å². The Balaban J connectivity index is 1.63. The van der Waals surface area contributed by atoms with Crippen molar-refractivity contribution in [1.29, 1.82) is 0 Å². The SMILES string of the molecule is CN1CCN(S(=O)(=O)c2ccc(NC(=O)/C=C/c3ccc(F)c(Cl)c3)cc2)CC1. The van der Waals surface area contributed by atoms with Gasteiger partial charge in [-0.15, -0.1) is 0 Å². The number of hydrogen-bond donors (Lipinski definition) is 1. The van der Waals surface area contributed by atoms with Crippen LogP contribution < -0.4 is 5.32 Å². The molecule has 6 nitrogen and oxygen atoms in total. The molecule has 0 spiro atoms. The molecule has 0 bridgehead atoms. The minimum atomic E-state index is -3.55. The molecule has 0 saturated carbocycles. The van der Waals surface area contributed by atoms with E-state index in [0.717, 1.165) is 0 Å². The number of benzene rings is 2. The van der Waals surface area contributed by atoms with E-state index in [1.165, 1.54) is 46.8 Å². The zero-order valence-corrected chi connectivity index (χ0v) is 17.4. The van der Waals surface area contributed by atoms with Gasteiger partial charge in [-0.2, -0.15) is 4.31 Å². The highest BCUT2D eigenvalue weighted by Gasteiger charge is 2.27. The summed E-state index contributed by atoms with van der Waals surface area (Å²) in [7, 11) is -1.59. The summed E-state index contributed by atoms with van der Waals surface area (Å²) < 4.78 is 40.0. The lowest BCUT2D eigenvalue weighted by molar-refractivity contribution is -0.111. The van der Waals surface area contributed by atoms with E-state index < -0.39 is 21.7 Å². The van der Waals surface area contributed by atoms with Crippen LogP contribution in [0.4, 0.5) is 10.1 Å². The highest BCUT2D eigenvalue weighted by molar-refractivity contribution is 7.89. The number of carbonyl (C=O) groups excluding carboxylic acids is 1. The largest absolute Gasteiger partial charge is 0.323 e. The van der Waals surface area contributed by atoms with Crippen molar-refractivity contribution in [3.8, 4) is 0 Å². The molecular weight excluding hydrogens is 417 g/mol. The summed E-state index contributed by atoms with van der Waals surface area (Å²) in [6.45, 7) is 2.29. The van der Waals surface area contributed by atoms with Crippen LogP contribution in [0.5, 0.6) is 0 Å². The van der Waals surface area contributed by atoms with Gasteiger partial charge in [-0.05, 0) is 55.1 Å². The van der Waals surface area contributed by atoms with Crippen LogP contribution in [0.25, 0.3) is 6.08 Å². The quantitative estimate of drug-likeness (QED) is 0.730. The van der Waals surface area contributed by atoms with Crippen LogP contribution in [-0.4, -0.2) is 56.8 Å². The Morgan fingerprint density at radius 2 is 1.76 bits per heavy atom. The second-order valence-corrected chi connectivity index (χ2v) is 9.07. The normalized spacial score (nSPS) is 16.2. The first kappa shape index (κ1) is 21.4. The van der Waals surface area contributed by atoms with Crippen LogP contribution in [0, 0.1) is 5.82 Å². The average molecular weight is 438 g/mol. The molecule has 1 amide bonds. The van der Waals surface area contributed by atoms with E-state index in [9.17, 15) is 17.6 Å². The summed E-state index contributed by atoms with van der Waals surface area (Å²) in [6, 6.07) is 10.2. The molecular formula is C20H21ClFN3O3S. The van der Waals surface area contributed by atoms with E-state index in [1.807, 2.05) is 7.05 Å². The van der Waals surface area contributed by atoms with Crippen molar-refractivity contribution in [3.05, 3.63) is 64.9 Å². The van der Waals surface area contributed by atoms with Gasteiger partial charge < -0.3 is 10.2 Å². The Kier molecular flexibility index (Phi) is 6.69. The van der Waals surface area contributed by atoms with Crippen molar-refractivity contribution in [1.82, 2.24) is 9.21 Å². The summed E-state index contributed by atoms with van der Waals surface area (Å²) in [5.41, 5.74) is 1.05. The number of nitrogens with one attached hydrogen (secondary N) is 1. The summed E-state index contributed by atoms with van der Waals surface area (Å²) in [5.74, 6) is -0.931. The highest BCUT2D eigenvalue weighted by atomic mass is 35.5. The van der Waals surface area contributed by atoms with Crippen LogP contribution in [-0.2, 0) is 14.8 Å². The molecule has 2 aromatic carbocycles. The van der Waals surface area contributed by atoms with Crippen LogP contribution in [0.15, 0.2) is 53.4 Å². The van der Waals surface area contributed by atoms with Crippen molar-refractivity contribution in [2.75, 3.05) is 38.5 Å². The fraction of sp³-hybridized carbons (Fsp3) is 0.250. The Bertz CT molecular complexity index is 1020. The third kappa shape index (κ3) is 5.42. The highest BCUT2D eigenvalue weighted by Crippen LogP contribution is 2.20. The predicted molar refractivity (Wildman–Crippen MR) is 112 cm³/mol. The fourth-order valence-electron chi connectivity index (χ4n) is 2.86. The van der Waals surface area contributed by atoms with Crippen LogP contribution in [0.2, 0.25) is 5.02 Å². The van der Waals surface area contributed by atoms with E-state index >= 15 is 0 Å². The first-order valence-electron chi connectivity index (χ1n) is 8.98. The number of amides is 1. The number of piperazine rings is 1. The number of hydrogen-bond acceptors (Lipinski definition) is 4. The van der Waals surface area contributed by atoms with Crippen molar-refractivity contribution >= 4 is 39.3 Å². The molecule has 154 valence electrons. The Labute approximate surface area is 174 Å². The third-order valence-corrected chi connectivity index (χ3v) is 6.80. The maximum atomic E-state index is 13.2. The van der Waals surface area contributed by atoms with Gasteiger partial charge in [0.25, 0.3) is 0 Å². The lowest BCUT2D eigenvalue weighted by Gasteiger charge is -2.31. The summed E-state index contributed by atoms with van der Waals surface area (Å²) in [4.78, 5) is 14.3. The Hall–Kier alpha value is -2.26. The van der Waals surface area contributed by atoms with Crippen LogP contribution in [0.1, 0.15) is 5.56 Å². The molecule has 0 radical (unpaired) electrons. The molecule has 1 fully saturated rings. The molecule has 1 heterocycles. The fourth-order valence-corrected chi connectivity index (χ4v) is 4.47. The number of nitrogens with zero attached hydrogens (tertiary/aromatic N) is 2. The number of likely N-dealkylation sites (N-methyl/N-ethyl adjacent to an activating group) is 1. The monoisotopic (exact) mass is 437 g/mol. The first-order chi connectivity index (χ1) is 13.8. The molecule has 1 saturated heterocycles. The second kappa shape index (κ2) is 9.04. The topological polar surface area (TPSA) is 69.7 Å². The van der Waals surface area contributed by atoms with Gasteiger partial charge in [0.15, 0.2) is 0 Å². The zero-order chi connectivity index (χ0) is 21.0. The van der Waals surface area contributed by atoms with Gasteiger partial charge >= 0.3 is 0 Å². The number of halogens is 2. The van der Waals surface area contributed by atoms with Crippen molar-refractivity contribution in [2.45, 2.75) is 4.90 Å². The first-order valence-corrected chi connectivity index (χ1v) is 10.8. The minimum absolute atomic E-state index is 0.0234. The van der Waals surface area contributed by atoms with E-state index in [-0.39, 0.29) is 9.92 Å². The lowest BCUT2D eigenvalue weighted by atomic mass is 10.2. The maximum Gasteiger partial charge on any atom is 0.248 e. The van der Waals surface area contributed by atoms with E-state index in [4.69, 9.17) is 11.6 Å². The van der Waals surface area contributed by atoms with Gasteiger partial charge in [0, 0.05) is 37.9 Å². The van der Waals surface area contributed by atoms with Gasteiger partial charge in [-0.3, -0.25) is 4.79 Å². The molecule has 3 rings (SSSR count). The van der Waals surface area contributed by atoms with Crippen LogP contribution >= 0.6 is 11.6 Å². The number of anilines is 1. The summed E-state index contributed by atoms with van der Waals surface area (Å²) in [5, 5.41) is 2.63. The van der Waals surface area contributed by atoms with Gasteiger partial charge in [0.05, 0.1) is 9.92 Å². The van der Waals surface area contributed by atoms with Crippen LogP contribution in [0.3, 0.4) is 0 Å². The smallest absolute Gasteiger partial charge is 0.248 e. The number of carbonyl (C=O) groups is 1.